The van der Waals surface area contributed by atoms with Crippen LogP contribution in [0.5, 0.6) is 5.88 Å². The van der Waals surface area contributed by atoms with Gasteiger partial charge in [0, 0.05) is 6.42 Å². The molecule has 20 heavy (non-hydrogen) atoms. The molecule has 1 aliphatic heterocycles. The van der Waals surface area contributed by atoms with Crippen LogP contribution >= 0.6 is 0 Å². The van der Waals surface area contributed by atoms with Gasteiger partial charge in [-0.25, -0.2) is 4.98 Å². The number of anilines is 1. The molecule has 108 valence electrons. The van der Waals surface area contributed by atoms with Crippen LogP contribution in [0.3, 0.4) is 0 Å². The largest absolute Gasteiger partial charge is 0.479 e. The number of aromatic nitrogens is 4. The highest BCUT2D eigenvalue weighted by Crippen LogP contribution is 2.32. The number of aliphatic hydroxyl groups excluding tert-OH is 2. The molecule has 0 aliphatic carbocycles. The molecule has 2 aromatic rings. The summed E-state index contributed by atoms with van der Waals surface area (Å²) >= 11 is 0. The minimum absolute atomic E-state index is 0.0633. The van der Waals surface area contributed by atoms with Gasteiger partial charge in [-0.2, -0.15) is 9.97 Å². The van der Waals surface area contributed by atoms with Crippen molar-refractivity contribution in [3.05, 3.63) is 6.33 Å². The average molecular weight is 281 g/mol. The lowest BCUT2D eigenvalue weighted by Crippen LogP contribution is -2.24. The molecule has 1 saturated heterocycles. The van der Waals surface area contributed by atoms with Gasteiger partial charge >= 0.3 is 0 Å². The number of ether oxygens (including phenoxy) is 2. The molecule has 1 fully saturated rings. The Bertz CT molecular complexity index is 631. The van der Waals surface area contributed by atoms with E-state index in [1.54, 1.807) is 4.57 Å². The molecule has 0 bridgehead atoms. The molecular weight excluding hydrogens is 266 g/mol. The Morgan fingerprint density at radius 1 is 1.55 bits per heavy atom. The Labute approximate surface area is 114 Å². The summed E-state index contributed by atoms with van der Waals surface area (Å²) in [6, 6.07) is 0. The monoisotopic (exact) mass is 281 g/mol. The van der Waals surface area contributed by atoms with E-state index in [-0.39, 0.29) is 18.4 Å². The second kappa shape index (κ2) is 4.85. The summed E-state index contributed by atoms with van der Waals surface area (Å²) in [4.78, 5) is 12.3. The molecule has 0 unspecified atom stereocenters. The number of imidazole rings is 1. The number of hydrogen-bond acceptors (Lipinski definition) is 8. The molecule has 3 atom stereocenters. The Balaban J connectivity index is 2.03. The van der Waals surface area contributed by atoms with Crippen LogP contribution in [0.15, 0.2) is 6.33 Å². The number of nitrogens with two attached hydrogens (primary N) is 1. The quantitative estimate of drug-likeness (QED) is 0.657. The normalized spacial score (nSPS) is 26.2. The number of nitrogens with zero attached hydrogens (tertiary/aromatic N) is 4. The van der Waals surface area contributed by atoms with Crippen LogP contribution in [0.25, 0.3) is 11.2 Å². The van der Waals surface area contributed by atoms with E-state index in [0.717, 1.165) is 0 Å². The molecule has 1 aliphatic rings. The van der Waals surface area contributed by atoms with E-state index in [1.807, 2.05) is 0 Å². The standard InChI is InChI=1S/C11H15N5O4/c1-19-10-8-9(14-11(12)15-10)16(4-13-8)7-2-5(18)6(3-17)20-7/h4-7,17-18H,2-3H2,1H3,(H2,12,14,15)/t5-,6-,7-/m0/s1. The molecule has 0 aromatic carbocycles. The van der Waals surface area contributed by atoms with Crippen LogP contribution in [-0.4, -0.2) is 55.7 Å². The third kappa shape index (κ3) is 1.96. The maximum atomic E-state index is 9.78. The maximum absolute atomic E-state index is 9.78. The van der Waals surface area contributed by atoms with E-state index < -0.39 is 18.4 Å². The number of fused-ring (bicyclic) bond motifs is 1. The van der Waals surface area contributed by atoms with Gasteiger partial charge in [0.05, 0.1) is 26.1 Å². The summed E-state index contributed by atoms with van der Waals surface area (Å²) in [5, 5.41) is 18.9. The summed E-state index contributed by atoms with van der Waals surface area (Å²) in [5.74, 6) is 0.344. The van der Waals surface area contributed by atoms with E-state index in [2.05, 4.69) is 15.0 Å². The molecule has 0 amide bonds. The van der Waals surface area contributed by atoms with Crippen LogP contribution < -0.4 is 10.5 Å². The topological polar surface area (TPSA) is 129 Å². The van der Waals surface area contributed by atoms with Crippen LogP contribution in [0.2, 0.25) is 0 Å². The SMILES string of the molecule is COc1nc(N)nc2c1ncn2[C@@H]1C[C@H](O)[C@H](CO)O1. The molecule has 0 saturated carbocycles. The van der Waals surface area contributed by atoms with E-state index in [1.165, 1.54) is 13.4 Å². The first-order valence-electron chi connectivity index (χ1n) is 6.12. The van der Waals surface area contributed by atoms with Crippen molar-refractivity contribution in [2.45, 2.75) is 24.9 Å². The van der Waals surface area contributed by atoms with Crippen molar-refractivity contribution in [3.63, 3.8) is 0 Å². The van der Waals surface area contributed by atoms with Gasteiger partial charge in [0.15, 0.2) is 11.2 Å². The molecule has 4 N–H and O–H groups in total. The van der Waals surface area contributed by atoms with Crippen LogP contribution in [0.1, 0.15) is 12.6 Å². The summed E-state index contributed by atoms with van der Waals surface area (Å²) in [5.41, 5.74) is 6.56. The number of nitrogen functional groups attached to an aromatic ring is 1. The van der Waals surface area contributed by atoms with Gasteiger partial charge in [-0.05, 0) is 0 Å². The summed E-state index contributed by atoms with van der Waals surface area (Å²) < 4.78 is 12.3. The van der Waals surface area contributed by atoms with Crippen LogP contribution in [-0.2, 0) is 4.74 Å². The molecule has 0 spiro atoms. The van der Waals surface area contributed by atoms with Crippen molar-refractivity contribution in [3.8, 4) is 5.88 Å². The van der Waals surface area contributed by atoms with Gasteiger partial charge in [-0.3, -0.25) is 4.57 Å². The van der Waals surface area contributed by atoms with Crippen molar-refractivity contribution in [2.24, 2.45) is 0 Å². The predicted molar refractivity (Wildman–Crippen MR) is 67.9 cm³/mol. The van der Waals surface area contributed by atoms with Crippen LogP contribution in [0, 0.1) is 0 Å². The van der Waals surface area contributed by atoms with E-state index in [0.29, 0.717) is 17.6 Å². The predicted octanol–water partition coefficient (Wildman–Crippen LogP) is -0.942. The van der Waals surface area contributed by atoms with Crippen molar-refractivity contribution >= 4 is 17.1 Å². The fourth-order valence-electron chi connectivity index (χ4n) is 2.31. The molecule has 2 aromatic heterocycles. The second-order valence-electron chi connectivity index (χ2n) is 4.53. The first-order valence-corrected chi connectivity index (χ1v) is 6.12. The van der Waals surface area contributed by atoms with Gasteiger partial charge in [0.1, 0.15) is 12.3 Å². The number of methoxy groups -OCH3 is 1. The lowest BCUT2D eigenvalue weighted by atomic mass is 10.2. The summed E-state index contributed by atoms with van der Waals surface area (Å²) in [6.07, 6.45) is 0.0506. The second-order valence-corrected chi connectivity index (χ2v) is 4.53. The molecular formula is C11H15N5O4. The first kappa shape index (κ1) is 13.0. The van der Waals surface area contributed by atoms with Crippen molar-refractivity contribution in [1.82, 2.24) is 19.5 Å². The van der Waals surface area contributed by atoms with Gasteiger partial charge in [-0.1, -0.05) is 0 Å². The molecule has 3 heterocycles. The fourth-order valence-corrected chi connectivity index (χ4v) is 2.31. The smallest absolute Gasteiger partial charge is 0.246 e. The number of aliphatic hydroxyl groups is 2. The first-order chi connectivity index (χ1) is 9.63. The van der Waals surface area contributed by atoms with Crippen molar-refractivity contribution < 1.29 is 19.7 Å². The number of hydrogen-bond donors (Lipinski definition) is 3. The molecule has 3 rings (SSSR count). The maximum Gasteiger partial charge on any atom is 0.246 e. The van der Waals surface area contributed by atoms with E-state index in [4.69, 9.17) is 20.3 Å². The lowest BCUT2D eigenvalue weighted by Gasteiger charge is -2.13. The highest BCUT2D eigenvalue weighted by Gasteiger charge is 2.35. The highest BCUT2D eigenvalue weighted by molar-refractivity contribution is 5.77. The molecule has 0 radical (unpaired) electrons. The Kier molecular flexibility index (Phi) is 3.16. The summed E-state index contributed by atoms with van der Waals surface area (Å²) in [6.45, 7) is -0.245. The Morgan fingerprint density at radius 2 is 2.35 bits per heavy atom. The van der Waals surface area contributed by atoms with Crippen LogP contribution in [0.4, 0.5) is 5.95 Å². The third-order valence-electron chi connectivity index (χ3n) is 3.29. The van der Waals surface area contributed by atoms with Gasteiger partial charge in [0.2, 0.25) is 11.8 Å². The van der Waals surface area contributed by atoms with Crippen molar-refractivity contribution in [2.75, 3.05) is 19.5 Å². The Morgan fingerprint density at radius 3 is 3.00 bits per heavy atom. The van der Waals surface area contributed by atoms with Gasteiger partial charge < -0.3 is 25.4 Å². The lowest BCUT2D eigenvalue weighted by molar-refractivity contribution is -0.0432. The fraction of sp³-hybridized carbons (Fsp3) is 0.545. The third-order valence-corrected chi connectivity index (χ3v) is 3.29. The Hall–Kier alpha value is -1.97. The van der Waals surface area contributed by atoms with Gasteiger partial charge in [0.25, 0.3) is 0 Å². The van der Waals surface area contributed by atoms with Gasteiger partial charge in [-0.15, -0.1) is 0 Å². The molecule has 9 heteroatoms. The minimum Gasteiger partial charge on any atom is -0.479 e. The minimum atomic E-state index is -0.733. The van der Waals surface area contributed by atoms with E-state index >= 15 is 0 Å². The van der Waals surface area contributed by atoms with Crippen molar-refractivity contribution in [1.29, 1.82) is 0 Å². The van der Waals surface area contributed by atoms with E-state index in [9.17, 15) is 5.11 Å². The summed E-state index contributed by atoms with van der Waals surface area (Å²) in [7, 11) is 1.47. The zero-order valence-corrected chi connectivity index (χ0v) is 10.8. The average Bonchev–Trinajstić information content (AvgIpc) is 3.00. The highest BCUT2D eigenvalue weighted by atomic mass is 16.5. The zero-order chi connectivity index (χ0) is 14.3. The molecule has 9 nitrogen and oxygen atoms in total. The number of rotatable bonds is 3. The zero-order valence-electron chi connectivity index (χ0n) is 10.8.